The van der Waals surface area contributed by atoms with Crippen LogP contribution in [0.1, 0.15) is 30.1 Å². The van der Waals surface area contributed by atoms with E-state index in [0.717, 1.165) is 19.4 Å². The molecule has 1 aliphatic heterocycles. The second kappa shape index (κ2) is 4.61. The van der Waals surface area contributed by atoms with Crippen LogP contribution in [0.2, 0.25) is 0 Å². The number of carbonyl (C=O) groups excluding carboxylic acids is 1. The maximum Gasteiger partial charge on any atom is 0.259 e. The molecule has 2 rings (SSSR count). The van der Waals surface area contributed by atoms with Crippen LogP contribution in [-0.2, 0) is 11.8 Å². The van der Waals surface area contributed by atoms with Gasteiger partial charge in [-0.3, -0.25) is 9.48 Å². The van der Waals surface area contributed by atoms with Crippen LogP contribution in [0.3, 0.4) is 0 Å². The van der Waals surface area contributed by atoms with E-state index >= 15 is 0 Å². The van der Waals surface area contributed by atoms with E-state index in [1.807, 2.05) is 6.92 Å². The molecule has 6 nitrogen and oxygen atoms in total. The zero-order valence-corrected chi connectivity index (χ0v) is 11.1. The third-order valence-electron chi connectivity index (χ3n) is 3.65. The van der Waals surface area contributed by atoms with E-state index in [1.165, 1.54) is 10.9 Å². The summed E-state index contributed by atoms with van der Waals surface area (Å²) in [6.45, 7) is 3.36. The van der Waals surface area contributed by atoms with Gasteiger partial charge in [-0.15, -0.1) is 0 Å². The lowest BCUT2D eigenvalue weighted by Crippen LogP contribution is -2.49. The predicted molar refractivity (Wildman–Crippen MR) is 68.2 cm³/mol. The van der Waals surface area contributed by atoms with Crippen LogP contribution in [-0.4, -0.2) is 46.4 Å². The Bertz CT molecular complexity index is 457. The lowest BCUT2D eigenvalue weighted by molar-refractivity contribution is -0.0439. The van der Waals surface area contributed by atoms with Crippen LogP contribution < -0.4 is 5.73 Å². The maximum absolute atomic E-state index is 12.4. The summed E-state index contributed by atoms with van der Waals surface area (Å²) in [5, 5.41) is 4.00. The largest absolute Gasteiger partial charge is 0.383 e. The van der Waals surface area contributed by atoms with Crippen molar-refractivity contribution < 1.29 is 9.53 Å². The summed E-state index contributed by atoms with van der Waals surface area (Å²) in [7, 11) is 3.41. The number of methoxy groups -OCH3 is 1. The molecule has 1 unspecified atom stereocenters. The number of aromatic nitrogens is 2. The molecule has 1 saturated heterocycles. The summed E-state index contributed by atoms with van der Waals surface area (Å²) in [5.41, 5.74) is 6.04. The smallest absolute Gasteiger partial charge is 0.259 e. The van der Waals surface area contributed by atoms with Gasteiger partial charge in [0.25, 0.3) is 5.91 Å². The predicted octanol–water partition coefficient (Wildman–Crippen LogP) is 0.643. The number of nitrogen functional groups attached to an aromatic ring is 1. The molecule has 0 aromatic carbocycles. The summed E-state index contributed by atoms with van der Waals surface area (Å²) in [6.07, 6.45) is 3.43. The van der Waals surface area contributed by atoms with Crippen LogP contribution in [0.4, 0.5) is 5.82 Å². The van der Waals surface area contributed by atoms with Gasteiger partial charge in [0, 0.05) is 27.2 Å². The number of hydrogen-bond donors (Lipinski definition) is 1. The molecule has 1 fully saturated rings. The number of ether oxygens (including phenoxy) is 1. The molecule has 1 aromatic heterocycles. The quantitative estimate of drug-likeness (QED) is 0.838. The van der Waals surface area contributed by atoms with Gasteiger partial charge in [-0.25, -0.2) is 0 Å². The highest BCUT2D eigenvalue weighted by Crippen LogP contribution is 2.25. The Hall–Kier alpha value is -1.56. The van der Waals surface area contributed by atoms with Gasteiger partial charge >= 0.3 is 0 Å². The number of anilines is 1. The number of nitrogens with zero attached hydrogens (tertiary/aromatic N) is 3. The number of carbonyl (C=O) groups is 1. The molecule has 0 bridgehead atoms. The van der Waals surface area contributed by atoms with Crippen molar-refractivity contribution >= 4 is 11.7 Å². The van der Waals surface area contributed by atoms with Gasteiger partial charge in [0.2, 0.25) is 0 Å². The van der Waals surface area contributed by atoms with Crippen LogP contribution in [0.5, 0.6) is 0 Å². The first-order chi connectivity index (χ1) is 8.47. The van der Waals surface area contributed by atoms with Crippen LogP contribution >= 0.6 is 0 Å². The van der Waals surface area contributed by atoms with E-state index in [0.29, 0.717) is 17.9 Å². The third-order valence-corrected chi connectivity index (χ3v) is 3.65. The number of nitrogens with two attached hydrogens (primary N) is 1. The summed E-state index contributed by atoms with van der Waals surface area (Å²) in [5.74, 6) is 0.341. The molecule has 100 valence electrons. The van der Waals surface area contributed by atoms with Gasteiger partial charge in [-0.2, -0.15) is 5.10 Å². The highest BCUT2D eigenvalue weighted by molar-refractivity contribution is 5.98. The number of hydrogen-bond acceptors (Lipinski definition) is 4. The average Bonchev–Trinajstić information content (AvgIpc) is 2.69. The lowest BCUT2D eigenvalue weighted by Gasteiger charge is -2.39. The summed E-state index contributed by atoms with van der Waals surface area (Å²) in [4.78, 5) is 14.2. The van der Waals surface area contributed by atoms with Gasteiger partial charge < -0.3 is 15.4 Å². The van der Waals surface area contributed by atoms with Gasteiger partial charge in [-0.05, 0) is 19.8 Å². The highest BCUT2D eigenvalue weighted by Gasteiger charge is 2.34. The first kappa shape index (κ1) is 12.9. The molecule has 2 heterocycles. The maximum atomic E-state index is 12.4. The molecule has 0 spiro atoms. The normalized spacial score (nSPS) is 24.3. The van der Waals surface area contributed by atoms with Crippen molar-refractivity contribution in [3.63, 3.8) is 0 Å². The van der Waals surface area contributed by atoms with Gasteiger partial charge in [0.15, 0.2) is 0 Å². The summed E-state index contributed by atoms with van der Waals surface area (Å²) in [6, 6.07) is 0. The molecule has 18 heavy (non-hydrogen) atoms. The molecule has 1 atom stereocenters. The first-order valence-corrected chi connectivity index (χ1v) is 6.09. The van der Waals surface area contributed by atoms with Crippen LogP contribution in [0, 0.1) is 0 Å². The standard InChI is InChI=1S/C12H20N4O2/c1-12(18-3)5-4-6-16(8-12)11(17)9-7-14-15(2)10(9)13/h7H,4-6,8,13H2,1-3H3. The van der Waals surface area contributed by atoms with Crippen molar-refractivity contribution in [2.24, 2.45) is 7.05 Å². The van der Waals surface area contributed by atoms with Crippen molar-refractivity contribution in [3.05, 3.63) is 11.8 Å². The molecule has 1 aliphatic rings. The van der Waals surface area contributed by atoms with Crippen molar-refractivity contribution in [2.75, 3.05) is 25.9 Å². The molecular weight excluding hydrogens is 232 g/mol. The second-order valence-corrected chi connectivity index (χ2v) is 5.05. The molecule has 1 amide bonds. The SMILES string of the molecule is COC1(C)CCCN(C(=O)c2cnn(C)c2N)C1. The number of amides is 1. The topological polar surface area (TPSA) is 73.4 Å². The van der Waals surface area contributed by atoms with Crippen molar-refractivity contribution in [2.45, 2.75) is 25.4 Å². The Balaban J connectivity index is 2.17. The molecule has 0 radical (unpaired) electrons. The number of aryl methyl sites for hydroxylation is 1. The molecule has 0 aliphatic carbocycles. The Morgan fingerprint density at radius 3 is 2.89 bits per heavy atom. The Kier molecular flexibility index (Phi) is 3.30. The third kappa shape index (κ3) is 2.20. The summed E-state index contributed by atoms with van der Waals surface area (Å²) < 4.78 is 6.99. The first-order valence-electron chi connectivity index (χ1n) is 6.09. The van der Waals surface area contributed by atoms with E-state index in [4.69, 9.17) is 10.5 Å². The fourth-order valence-electron chi connectivity index (χ4n) is 2.33. The van der Waals surface area contributed by atoms with Crippen molar-refractivity contribution in [1.82, 2.24) is 14.7 Å². The van der Waals surface area contributed by atoms with E-state index in [2.05, 4.69) is 5.10 Å². The Morgan fingerprint density at radius 1 is 1.61 bits per heavy atom. The molecule has 6 heteroatoms. The van der Waals surface area contributed by atoms with E-state index in [1.54, 1.807) is 19.1 Å². The van der Waals surface area contributed by atoms with Crippen molar-refractivity contribution in [1.29, 1.82) is 0 Å². The lowest BCUT2D eigenvalue weighted by atomic mass is 9.94. The minimum absolute atomic E-state index is 0.0661. The minimum atomic E-state index is -0.259. The molecule has 1 aromatic rings. The molecule has 0 saturated carbocycles. The Labute approximate surface area is 107 Å². The monoisotopic (exact) mass is 252 g/mol. The summed E-state index contributed by atoms with van der Waals surface area (Å²) >= 11 is 0. The van der Waals surface area contributed by atoms with Crippen molar-refractivity contribution in [3.8, 4) is 0 Å². The fraction of sp³-hybridized carbons (Fsp3) is 0.667. The van der Waals surface area contributed by atoms with Crippen LogP contribution in [0.15, 0.2) is 6.20 Å². The zero-order chi connectivity index (χ0) is 13.3. The average molecular weight is 252 g/mol. The van der Waals surface area contributed by atoms with Gasteiger partial charge in [0.05, 0.1) is 11.8 Å². The number of likely N-dealkylation sites (tertiary alicyclic amines) is 1. The van der Waals surface area contributed by atoms with Gasteiger partial charge in [0.1, 0.15) is 11.4 Å². The minimum Gasteiger partial charge on any atom is -0.383 e. The molecule has 2 N–H and O–H groups in total. The van der Waals surface area contributed by atoms with E-state index in [-0.39, 0.29) is 11.5 Å². The number of piperidine rings is 1. The second-order valence-electron chi connectivity index (χ2n) is 5.05. The fourth-order valence-corrected chi connectivity index (χ4v) is 2.33. The Morgan fingerprint density at radius 2 is 2.33 bits per heavy atom. The molecular formula is C12H20N4O2. The van der Waals surface area contributed by atoms with E-state index in [9.17, 15) is 4.79 Å². The zero-order valence-electron chi connectivity index (χ0n) is 11.1. The van der Waals surface area contributed by atoms with E-state index < -0.39 is 0 Å². The van der Waals surface area contributed by atoms with Crippen LogP contribution in [0.25, 0.3) is 0 Å². The van der Waals surface area contributed by atoms with Gasteiger partial charge in [-0.1, -0.05) is 0 Å². The highest BCUT2D eigenvalue weighted by atomic mass is 16.5. The number of rotatable bonds is 2.